The van der Waals surface area contributed by atoms with Gasteiger partial charge in [-0.25, -0.2) is 0 Å². The van der Waals surface area contributed by atoms with Crippen molar-refractivity contribution in [3.8, 4) is 0 Å². The number of nitrogens with two attached hydrogens (primary N) is 1. The van der Waals surface area contributed by atoms with Gasteiger partial charge in [-0.3, -0.25) is 4.79 Å². The molecule has 0 bridgehead atoms. The molecule has 0 aromatic rings. The monoisotopic (exact) mass is 214 g/mol. The molecule has 86 valence electrons. The maximum Gasteiger partial charge on any atom is 0.224 e. The molecule has 0 aromatic carbocycles. The van der Waals surface area contributed by atoms with Crippen molar-refractivity contribution in [1.29, 1.82) is 0 Å². The highest BCUT2D eigenvalue weighted by Gasteiger charge is 2.39. The Bertz CT molecular complexity index is 255. The van der Waals surface area contributed by atoms with Gasteiger partial charge in [-0.2, -0.15) is 0 Å². The first-order valence-electron chi connectivity index (χ1n) is 5.43. The third-order valence-electron chi connectivity index (χ3n) is 3.46. The number of aliphatic hydroxyl groups is 2. The number of carbonyl (C=O) groups is 1. The summed E-state index contributed by atoms with van der Waals surface area (Å²) in [5, 5.41) is 18.6. The van der Waals surface area contributed by atoms with Crippen LogP contribution in [0.1, 0.15) is 25.7 Å². The number of amides is 1. The van der Waals surface area contributed by atoms with Gasteiger partial charge in [0.15, 0.2) is 0 Å². The number of rotatable bonds is 2. The highest BCUT2D eigenvalue weighted by Crippen LogP contribution is 2.32. The number of hydrogen-bond donors (Lipinski definition) is 3. The predicted octanol–water partition coefficient (Wildman–Crippen LogP) is -1.18. The number of aliphatic hydroxyl groups excluding tert-OH is 2. The van der Waals surface area contributed by atoms with Crippen molar-refractivity contribution < 1.29 is 15.0 Å². The Morgan fingerprint density at radius 3 is 2.27 bits per heavy atom. The van der Waals surface area contributed by atoms with E-state index in [0.717, 1.165) is 19.3 Å². The Hall–Kier alpha value is -0.650. The summed E-state index contributed by atoms with van der Waals surface area (Å²) in [6.45, 7) is 0.464. The van der Waals surface area contributed by atoms with Crippen LogP contribution in [0.2, 0.25) is 0 Å². The minimum absolute atomic E-state index is 0.0483. The maximum absolute atomic E-state index is 11.8. The van der Waals surface area contributed by atoms with Gasteiger partial charge in [0, 0.05) is 25.0 Å². The summed E-state index contributed by atoms with van der Waals surface area (Å²) in [5.41, 5.74) is 5.64. The first kappa shape index (κ1) is 10.9. The van der Waals surface area contributed by atoms with Crippen LogP contribution in [0.15, 0.2) is 0 Å². The number of carbonyl (C=O) groups excluding carboxylic acids is 1. The smallest absolute Gasteiger partial charge is 0.224 e. The molecular weight excluding hydrogens is 196 g/mol. The van der Waals surface area contributed by atoms with Gasteiger partial charge in [-0.05, 0) is 19.3 Å². The molecular formula is C10H18N2O3. The molecule has 5 heteroatoms. The van der Waals surface area contributed by atoms with E-state index in [1.165, 1.54) is 4.90 Å². The molecule has 0 radical (unpaired) electrons. The topological polar surface area (TPSA) is 86.8 Å². The van der Waals surface area contributed by atoms with Crippen molar-refractivity contribution in [3.05, 3.63) is 0 Å². The summed E-state index contributed by atoms with van der Waals surface area (Å²) in [5.74, 6) is -0.0483. The molecule has 1 aliphatic heterocycles. The lowest BCUT2D eigenvalue weighted by atomic mass is 9.75. The van der Waals surface area contributed by atoms with Gasteiger partial charge in [-0.15, -0.1) is 0 Å². The van der Waals surface area contributed by atoms with Crippen LogP contribution in [0.5, 0.6) is 0 Å². The lowest BCUT2D eigenvalue weighted by Gasteiger charge is -2.38. The average Bonchev–Trinajstić information content (AvgIpc) is 2.44. The Labute approximate surface area is 88.9 Å². The molecule has 1 aliphatic carbocycles. The molecule has 2 fully saturated rings. The van der Waals surface area contributed by atoms with Gasteiger partial charge in [0.25, 0.3) is 0 Å². The van der Waals surface area contributed by atoms with Gasteiger partial charge in [0.2, 0.25) is 5.91 Å². The summed E-state index contributed by atoms with van der Waals surface area (Å²) in [6, 6.07) is 0. The molecule has 1 heterocycles. The third kappa shape index (κ3) is 2.14. The lowest BCUT2D eigenvalue weighted by Crippen LogP contribution is -2.50. The van der Waals surface area contributed by atoms with E-state index in [-0.39, 0.29) is 24.5 Å². The number of likely N-dealkylation sites (tertiary alicyclic amines) is 1. The van der Waals surface area contributed by atoms with Crippen molar-refractivity contribution in [2.24, 2.45) is 5.73 Å². The van der Waals surface area contributed by atoms with Crippen LogP contribution in [0, 0.1) is 0 Å². The molecule has 15 heavy (non-hydrogen) atoms. The summed E-state index contributed by atoms with van der Waals surface area (Å²) < 4.78 is 0. The predicted molar refractivity (Wildman–Crippen MR) is 54.0 cm³/mol. The van der Waals surface area contributed by atoms with Crippen LogP contribution in [0.3, 0.4) is 0 Å². The first-order valence-corrected chi connectivity index (χ1v) is 5.43. The maximum atomic E-state index is 11.8. The molecule has 5 nitrogen and oxygen atoms in total. The molecule has 1 amide bonds. The van der Waals surface area contributed by atoms with Crippen molar-refractivity contribution >= 4 is 5.91 Å². The number of hydrogen-bond acceptors (Lipinski definition) is 4. The van der Waals surface area contributed by atoms with E-state index in [4.69, 9.17) is 5.73 Å². The standard InChI is InChI=1S/C10H18N2O3/c11-10(2-1-3-10)4-9(15)12-5-7(13)8(14)6-12/h7-8,13-14H,1-6,11H2/t7-,8+. The Kier molecular flexibility index (Phi) is 2.70. The van der Waals surface area contributed by atoms with Gasteiger partial charge < -0.3 is 20.8 Å². The number of nitrogens with zero attached hydrogens (tertiary/aromatic N) is 1. The number of β-amino-alcohol motifs (C(OH)–C–C–N with tert-alkyl or cyclic N) is 2. The molecule has 0 aromatic heterocycles. The SMILES string of the molecule is NC1(CC(=O)N2C[C@@H](O)[C@@H](O)C2)CCC1. The van der Waals surface area contributed by atoms with Gasteiger partial charge >= 0.3 is 0 Å². The van der Waals surface area contributed by atoms with Gasteiger partial charge in [0.05, 0.1) is 12.2 Å². The third-order valence-corrected chi connectivity index (χ3v) is 3.46. The minimum atomic E-state index is -0.802. The van der Waals surface area contributed by atoms with Crippen LogP contribution in [0.25, 0.3) is 0 Å². The Morgan fingerprint density at radius 1 is 1.33 bits per heavy atom. The molecule has 2 atom stereocenters. The molecule has 1 saturated carbocycles. The van der Waals surface area contributed by atoms with E-state index in [1.807, 2.05) is 0 Å². The van der Waals surface area contributed by atoms with Gasteiger partial charge in [-0.1, -0.05) is 0 Å². The van der Waals surface area contributed by atoms with Crippen LogP contribution in [-0.2, 0) is 4.79 Å². The fourth-order valence-corrected chi connectivity index (χ4v) is 2.19. The quantitative estimate of drug-likeness (QED) is 0.540. The summed E-state index contributed by atoms with van der Waals surface area (Å²) >= 11 is 0. The average molecular weight is 214 g/mol. The highest BCUT2D eigenvalue weighted by molar-refractivity contribution is 5.78. The van der Waals surface area contributed by atoms with E-state index < -0.39 is 12.2 Å². The summed E-state index contributed by atoms with van der Waals surface area (Å²) in [6.07, 6.45) is 1.63. The van der Waals surface area contributed by atoms with Crippen molar-refractivity contribution in [2.45, 2.75) is 43.4 Å². The largest absolute Gasteiger partial charge is 0.388 e. The molecule has 2 aliphatic rings. The minimum Gasteiger partial charge on any atom is -0.388 e. The van der Waals surface area contributed by atoms with Crippen LogP contribution in [0.4, 0.5) is 0 Å². The second-order valence-corrected chi connectivity index (χ2v) is 4.83. The van der Waals surface area contributed by atoms with Crippen LogP contribution >= 0.6 is 0 Å². The lowest BCUT2D eigenvalue weighted by molar-refractivity contribution is -0.132. The van der Waals surface area contributed by atoms with E-state index in [9.17, 15) is 15.0 Å². The van der Waals surface area contributed by atoms with Gasteiger partial charge in [0.1, 0.15) is 0 Å². The molecule has 1 saturated heterocycles. The van der Waals surface area contributed by atoms with Crippen molar-refractivity contribution in [1.82, 2.24) is 4.90 Å². The fourth-order valence-electron chi connectivity index (χ4n) is 2.19. The van der Waals surface area contributed by atoms with Crippen LogP contribution in [-0.4, -0.2) is 51.9 Å². The molecule has 2 rings (SSSR count). The van der Waals surface area contributed by atoms with E-state index in [0.29, 0.717) is 6.42 Å². The van der Waals surface area contributed by atoms with E-state index in [2.05, 4.69) is 0 Å². The zero-order chi connectivity index (χ0) is 11.1. The van der Waals surface area contributed by atoms with Crippen molar-refractivity contribution in [3.63, 3.8) is 0 Å². The van der Waals surface area contributed by atoms with Crippen molar-refractivity contribution in [2.75, 3.05) is 13.1 Å². The van der Waals surface area contributed by atoms with E-state index >= 15 is 0 Å². The first-order chi connectivity index (χ1) is 7.00. The zero-order valence-electron chi connectivity index (χ0n) is 8.72. The molecule has 4 N–H and O–H groups in total. The van der Waals surface area contributed by atoms with Crippen LogP contribution < -0.4 is 5.73 Å². The Morgan fingerprint density at radius 2 is 1.87 bits per heavy atom. The highest BCUT2D eigenvalue weighted by atomic mass is 16.3. The molecule has 0 spiro atoms. The summed E-state index contributed by atoms with van der Waals surface area (Å²) in [7, 11) is 0. The van der Waals surface area contributed by atoms with E-state index in [1.54, 1.807) is 0 Å². The fraction of sp³-hybridized carbons (Fsp3) is 0.900. The normalized spacial score (nSPS) is 33.9. The zero-order valence-corrected chi connectivity index (χ0v) is 8.72. The summed E-state index contributed by atoms with van der Waals surface area (Å²) in [4.78, 5) is 13.3. The Balaban J connectivity index is 1.86. The molecule has 0 unspecified atom stereocenters. The second kappa shape index (κ2) is 3.73. The second-order valence-electron chi connectivity index (χ2n) is 4.83.